The van der Waals surface area contributed by atoms with Gasteiger partial charge in [-0.3, -0.25) is 4.90 Å². The first-order valence-electron chi connectivity index (χ1n) is 7.88. The molecule has 0 amide bonds. The minimum Gasteiger partial charge on any atom is -0.360 e. The summed E-state index contributed by atoms with van der Waals surface area (Å²) in [5.74, 6) is 1.91. The van der Waals surface area contributed by atoms with Gasteiger partial charge in [0.2, 0.25) is 0 Å². The summed E-state index contributed by atoms with van der Waals surface area (Å²) in [6, 6.07) is 2.09. The summed E-state index contributed by atoms with van der Waals surface area (Å²) in [6.45, 7) is 12.8. The SMILES string of the molecule is CCC1CCN(Cc2cc(CNC(C)(C)C)no2)CC1. The van der Waals surface area contributed by atoms with Crippen molar-refractivity contribution in [2.45, 2.75) is 65.6 Å². The van der Waals surface area contributed by atoms with Gasteiger partial charge in [0.05, 0.1) is 12.2 Å². The maximum Gasteiger partial charge on any atom is 0.151 e. The van der Waals surface area contributed by atoms with Crippen LogP contribution in [0.4, 0.5) is 0 Å². The highest BCUT2D eigenvalue weighted by molar-refractivity contribution is 5.05. The molecular formula is C16H29N3O. The molecule has 4 nitrogen and oxygen atoms in total. The van der Waals surface area contributed by atoms with Gasteiger partial charge in [0.1, 0.15) is 0 Å². The minimum atomic E-state index is 0.112. The Morgan fingerprint density at radius 1 is 1.35 bits per heavy atom. The number of hydrogen-bond acceptors (Lipinski definition) is 4. The number of likely N-dealkylation sites (tertiary alicyclic amines) is 1. The Hall–Kier alpha value is -0.870. The van der Waals surface area contributed by atoms with Crippen molar-refractivity contribution in [3.05, 3.63) is 17.5 Å². The Balaban J connectivity index is 1.78. The van der Waals surface area contributed by atoms with E-state index in [-0.39, 0.29) is 5.54 Å². The minimum absolute atomic E-state index is 0.112. The second kappa shape index (κ2) is 6.72. The van der Waals surface area contributed by atoms with Crippen LogP contribution in [0.5, 0.6) is 0 Å². The molecule has 0 saturated carbocycles. The van der Waals surface area contributed by atoms with Gasteiger partial charge in [-0.2, -0.15) is 0 Å². The van der Waals surface area contributed by atoms with E-state index in [9.17, 15) is 0 Å². The number of aromatic nitrogens is 1. The van der Waals surface area contributed by atoms with Gasteiger partial charge in [0.25, 0.3) is 0 Å². The second-order valence-corrected chi connectivity index (χ2v) is 7.02. The molecule has 0 spiro atoms. The molecule has 0 radical (unpaired) electrons. The van der Waals surface area contributed by atoms with Gasteiger partial charge < -0.3 is 9.84 Å². The van der Waals surface area contributed by atoms with Gasteiger partial charge in [-0.15, -0.1) is 0 Å². The summed E-state index contributed by atoms with van der Waals surface area (Å²) in [6.07, 6.45) is 3.96. The third-order valence-corrected chi connectivity index (χ3v) is 4.07. The summed E-state index contributed by atoms with van der Waals surface area (Å²) in [4.78, 5) is 2.48. The molecule has 0 unspecified atom stereocenters. The highest BCUT2D eigenvalue weighted by Crippen LogP contribution is 2.21. The molecule has 2 heterocycles. The van der Waals surface area contributed by atoms with Crippen LogP contribution in [0.15, 0.2) is 10.6 Å². The largest absolute Gasteiger partial charge is 0.360 e. The Kier molecular flexibility index (Phi) is 5.22. The van der Waals surface area contributed by atoms with Crippen molar-refractivity contribution in [2.24, 2.45) is 5.92 Å². The van der Waals surface area contributed by atoms with Crippen LogP contribution >= 0.6 is 0 Å². The van der Waals surface area contributed by atoms with Crippen molar-refractivity contribution in [2.75, 3.05) is 13.1 Å². The van der Waals surface area contributed by atoms with E-state index in [2.05, 4.69) is 49.1 Å². The van der Waals surface area contributed by atoms with Crippen LogP contribution in [0, 0.1) is 5.92 Å². The van der Waals surface area contributed by atoms with Gasteiger partial charge in [-0.05, 0) is 52.6 Å². The Labute approximate surface area is 122 Å². The molecule has 2 rings (SSSR count). The molecule has 0 aliphatic carbocycles. The predicted molar refractivity (Wildman–Crippen MR) is 81.4 cm³/mol. The Morgan fingerprint density at radius 2 is 2.05 bits per heavy atom. The maximum atomic E-state index is 5.45. The van der Waals surface area contributed by atoms with Crippen LogP contribution in [0.2, 0.25) is 0 Å². The van der Waals surface area contributed by atoms with Crippen molar-refractivity contribution in [1.82, 2.24) is 15.4 Å². The zero-order chi connectivity index (χ0) is 14.6. The summed E-state index contributed by atoms with van der Waals surface area (Å²) in [5, 5.41) is 7.58. The average Bonchev–Trinajstić information content (AvgIpc) is 2.84. The Morgan fingerprint density at radius 3 is 2.65 bits per heavy atom. The maximum absolute atomic E-state index is 5.45. The van der Waals surface area contributed by atoms with Crippen molar-refractivity contribution in [3.8, 4) is 0 Å². The van der Waals surface area contributed by atoms with Gasteiger partial charge in [0, 0.05) is 18.2 Å². The zero-order valence-electron chi connectivity index (χ0n) is 13.4. The highest BCUT2D eigenvalue weighted by atomic mass is 16.5. The first-order chi connectivity index (χ1) is 9.46. The number of hydrogen-bond donors (Lipinski definition) is 1. The third kappa shape index (κ3) is 4.91. The quantitative estimate of drug-likeness (QED) is 0.899. The lowest BCUT2D eigenvalue weighted by Gasteiger charge is -2.30. The zero-order valence-corrected chi connectivity index (χ0v) is 13.4. The van der Waals surface area contributed by atoms with E-state index in [0.29, 0.717) is 0 Å². The molecule has 1 aliphatic rings. The van der Waals surface area contributed by atoms with E-state index in [1.165, 1.54) is 32.4 Å². The lowest BCUT2D eigenvalue weighted by Crippen LogP contribution is -2.35. The second-order valence-electron chi connectivity index (χ2n) is 7.02. The summed E-state index contributed by atoms with van der Waals surface area (Å²) >= 11 is 0. The van der Waals surface area contributed by atoms with Crippen LogP contribution in [0.1, 0.15) is 58.4 Å². The van der Waals surface area contributed by atoms with Crippen molar-refractivity contribution < 1.29 is 4.52 Å². The third-order valence-electron chi connectivity index (χ3n) is 4.07. The monoisotopic (exact) mass is 279 g/mol. The number of nitrogens with one attached hydrogen (secondary N) is 1. The molecule has 0 atom stereocenters. The molecule has 0 aromatic carbocycles. The molecule has 1 aromatic heterocycles. The van der Waals surface area contributed by atoms with Crippen molar-refractivity contribution >= 4 is 0 Å². The summed E-state index contributed by atoms with van der Waals surface area (Å²) in [7, 11) is 0. The molecular weight excluding hydrogens is 250 g/mol. The van der Waals surface area contributed by atoms with Gasteiger partial charge in [-0.1, -0.05) is 18.5 Å². The molecule has 20 heavy (non-hydrogen) atoms. The lowest BCUT2D eigenvalue weighted by atomic mass is 9.94. The van der Waals surface area contributed by atoms with Crippen LogP contribution in [0.25, 0.3) is 0 Å². The summed E-state index contributed by atoms with van der Waals surface area (Å²) < 4.78 is 5.45. The normalized spacial score (nSPS) is 18.6. The average molecular weight is 279 g/mol. The first-order valence-corrected chi connectivity index (χ1v) is 7.88. The predicted octanol–water partition coefficient (Wildman–Crippen LogP) is 3.18. The molecule has 114 valence electrons. The number of rotatable bonds is 5. The van der Waals surface area contributed by atoms with Gasteiger partial charge >= 0.3 is 0 Å². The fourth-order valence-corrected chi connectivity index (χ4v) is 2.64. The topological polar surface area (TPSA) is 41.3 Å². The van der Waals surface area contributed by atoms with Crippen LogP contribution < -0.4 is 5.32 Å². The Bertz CT molecular complexity index is 400. The van der Waals surface area contributed by atoms with Crippen LogP contribution in [-0.2, 0) is 13.1 Å². The standard InChI is InChI=1S/C16H29N3O/c1-5-13-6-8-19(9-7-13)12-15-10-14(18-20-15)11-17-16(2,3)4/h10,13,17H,5-9,11-12H2,1-4H3. The van der Waals surface area contributed by atoms with Gasteiger partial charge in [0.15, 0.2) is 5.76 Å². The van der Waals surface area contributed by atoms with E-state index in [1.54, 1.807) is 0 Å². The lowest BCUT2D eigenvalue weighted by molar-refractivity contribution is 0.159. The molecule has 1 aliphatic heterocycles. The fourth-order valence-electron chi connectivity index (χ4n) is 2.64. The number of nitrogens with zero attached hydrogens (tertiary/aromatic N) is 2. The van der Waals surface area contributed by atoms with Gasteiger partial charge in [-0.25, -0.2) is 0 Å². The van der Waals surface area contributed by atoms with E-state index in [1.807, 2.05) is 0 Å². The molecule has 1 aromatic rings. The van der Waals surface area contributed by atoms with E-state index < -0.39 is 0 Å². The fraction of sp³-hybridized carbons (Fsp3) is 0.812. The van der Waals surface area contributed by atoms with Crippen molar-refractivity contribution in [3.63, 3.8) is 0 Å². The molecule has 1 N–H and O–H groups in total. The first kappa shape index (κ1) is 15.5. The smallest absolute Gasteiger partial charge is 0.151 e. The van der Waals surface area contributed by atoms with Crippen LogP contribution in [0.3, 0.4) is 0 Å². The van der Waals surface area contributed by atoms with E-state index >= 15 is 0 Å². The van der Waals surface area contributed by atoms with E-state index in [4.69, 9.17) is 4.52 Å². The van der Waals surface area contributed by atoms with E-state index in [0.717, 1.165) is 30.5 Å². The molecule has 1 saturated heterocycles. The molecule has 4 heteroatoms. The number of piperidine rings is 1. The molecule has 0 bridgehead atoms. The van der Waals surface area contributed by atoms with Crippen molar-refractivity contribution in [1.29, 1.82) is 0 Å². The highest BCUT2D eigenvalue weighted by Gasteiger charge is 2.19. The molecule has 1 fully saturated rings. The summed E-state index contributed by atoms with van der Waals surface area (Å²) in [5.41, 5.74) is 1.11. The van der Waals surface area contributed by atoms with Crippen LogP contribution in [-0.4, -0.2) is 28.7 Å².